The van der Waals surface area contributed by atoms with Gasteiger partial charge in [-0.2, -0.15) is 8.78 Å². The van der Waals surface area contributed by atoms with Crippen molar-refractivity contribution in [3.63, 3.8) is 0 Å². The van der Waals surface area contributed by atoms with E-state index in [1.54, 1.807) is 0 Å². The van der Waals surface area contributed by atoms with Crippen LogP contribution in [0.2, 0.25) is 0 Å². The number of ether oxygens (including phenoxy) is 1. The molecular weight excluding hydrogens is 328 g/mol. The smallest absolute Gasteiger partial charge is 0.330 e. The lowest BCUT2D eigenvalue weighted by atomic mass is 10.2. The highest BCUT2D eigenvalue weighted by Gasteiger charge is 2.40. The van der Waals surface area contributed by atoms with Crippen molar-refractivity contribution in [3.8, 4) is 0 Å². The Balaban J connectivity index is 2.69. The summed E-state index contributed by atoms with van der Waals surface area (Å²) < 4.78 is 79.7. The van der Waals surface area contributed by atoms with Crippen LogP contribution >= 0.6 is 0 Å². The molecule has 3 N–H and O–H groups in total. The van der Waals surface area contributed by atoms with Crippen LogP contribution in [0.15, 0.2) is 29.2 Å². The number of hydrogen-bond donors (Lipinski definition) is 2. The standard InChI is InChI=1S/C12H16F4N2O3S/c13-11(14)12(15,16)8-21-7-9-2-1-3-10(6-9)22(19,20)18-5-4-17/h1-3,6,11,18H,4-5,7-8,17H2. The molecule has 1 aromatic rings. The van der Waals surface area contributed by atoms with E-state index in [1.807, 2.05) is 0 Å². The van der Waals surface area contributed by atoms with Crippen molar-refractivity contribution < 1.29 is 30.7 Å². The summed E-state index contributed by atoms with van der Waals surface area (Å²) in [6.45, 7) is -1.70. The molecule has 0 fully saturated rings. The molecule has 22 heavy (non-hydrogen) atoms. The first-order valence-corrected chi connectivity index (χ1v) is 7.70. The molecule has 0 saturated carbocycles. The molecule has 126 valence electrons. The Bertz CT molecular complexity index is 581. The van der Waals surface area contributed by atoms with Crippen molar-refractivity contribution in [2.24, 2.45) is 5.73 Å². The van der Waals surface area contributed by atoms with E-state index >= 15 is 0 Å². The molecule has 0 atom stereocenters. The first-order chi connectivity index (χ1) is 10.2. The number of halogens is 4. The first-order valence-electron chi connectivity index (χ1n) is 6.21. The van der Waals surface area contributed by atoms with E-state index in [0.717, 1.165) is 0 Å². The first kappa shape index (κ1) is 18.8. The SMILES string of the molecule is NCCNS(=O)(=O)c1cccc(COCC(F)(F)C(F)F)c1. The predicted molar refractivity (Wildman–Crippen MR) is 71.3 cm³/mol. The van der Waals surface area contributed by atoms with Crippen LogP contribution in [0.4, 0.5) is 17.6 Å². The van der Waals surface area contributed by atoms with E-state index in [9.17, 15) is 26.0 Å². The number of nitrogens with one attached hydrogen (secondary N) is 1. The number of nitrogens with two attached hydrogens (primary N) is 1. The molecule has 0 aliphatic carbocycles. The highest BCUT2D eigenvalue weighted by atomic mass is 32.2. The Hall–Kier alpha value is -1.23. The van der Waals surface area contributed by atoms with Crippen molar-refractivity contribution in [2.45, 2.75) is 23.9 Å². The third-order valence-corrected chi connectivity index (χ3v) is 3.99. The maximum Gasteiger partial charge on any atom is 0.330 e. The molecule has 0 aromatic heterocycles. The van der Waals surface area contributed by atoms with Gasteiger partial charge in [-0.05, 0) is 17.7 Å². The van der Waals surface area contributed by atoms with E-state index in [4.69, 9.17) is 5.73 Å². The van der Waals surface area contributed by atoms with Crippen LogP contribution in [0.25, 0.3) is 0 Å². The second-order valence-electron chi connectivity index (χ2n) is 4.39. The monoisotopic (exact) mass is 344 g/mol. The Morgan fingerprint density at radius 1 is 1.32 bits per heavy atom. The minimum Gasteiger partial charge on any atom is -0.370 e. The van der Waals surface area contributed by atoms with Gasteiger partial charge in [-0.25, -0.2) is 21.9 Å². The fourth-order valence-electron chi connectivity index (χ4n) is 1.45. The van der Waals surface area contributed by atoms with Crippen LogP contribution in [0.5, 0.6) is 0 Å². The largest absolute Gasteiger partial charge is 0.370 e. The quantitative estimate of drug-likeness (QED) is 0.663. The predicted octanol–water partition coefficient (Wildman–Crippen LogP) is 1.34. The minimum atomic E-state index is -4.24. The second-order valence-corrected chi connectivity index (χ2v) is 6.16. The Morgan fingerprint density at radius 2 is 2.00 bits per heavy atom. The summed E-state index contributed by atoms with van der Waals surface area (Å²) in [5.74, 6) is -4.24. The summed E-state index contributed by atoms with van der Waals surface area (Å²) in [5, 5.41) is 0. The molecule has 0 spiro atoms. The van der Waals surface area contributed by atoms with Gasteiger partial charge in [0.05, 0.1) is 11.5 Å². The molecule has 1 rings (SSSR count). The summed E-state index contributed by atoms with van der Waals surface area (Å²) >= 11 is 0. The lowest BCUT2D eigenvalue weighted by Gasteiger charge is -2.15. The number of benzene rings is 1. The van der Waals surface area contributed by atoms with E-state index in [1.165, 1.54) is 24.3 Å². The fraction of sp³-hybridized carbons (Fsp3) is 0.500. The molecule has 0 bridgehead atoms. The van der Waals surface area contributed by atoms with Crippen molar-refractivity contribution in [1.82, 2.24) is 4.72 Å². The molecule has 5 nitrogen and oxygen atoms in total. The topological polar surface area (TPSA) is 81.4 Å². The van der Waals surface area contributed by atoms with Crippen LogP contribution in [0.3, 0.4) is 0 Å². The third-order valence-electron chi connectivity index (χ3n) is 2.53. The number of rotatable bonds is 9. The maximum absolute atomic E-state index is 12.7. The lowest BCUT2D eigenvalue weighted by Crippen LogP contribution is -2.32. The van der Waals surface area contributed by atoms with Crippen molar-refractivity contribution in [1.29, 1.82) is 0 Å². The average molecular weight is 344 g/mol. The summed E-state index contributed by atoms with van der Waals surface area (Å²) in [7, 11) is -3.77. The molecule has 0 radical (unpaired) electrons. The molecule has 0 aliphatic heterocycles. The molecule has 0 unspecified atom stereocenters. The van der Waals surface area contributed by atoms with Gasteiger partial charge in [-0.15, -0.1) is 0 Å². The highest BCUT2D eigenvalue weighted by molar-refractivity contribution is 7.89. The van der Waals surface area contributed by atoms with E-state index in [2.05, 4.69) is 9.46 Å². The third kappa shape index (κ3) is 5.52. The molecule has 0 amide bonds. The van der Waals surface area contributed by atoms with Gasteiger partial charge in [0.1, 0.15) is 6.61 Å². The van der Waals surface area contributed by atoms with Crippen LogP contribution < -0.4 is 10.5 Å². The number of alkyl halides is 4. The molecule has 0 aliphatic rings. The summed E-state index contributed by atoms with van der Waals surface area (Å²) in [5.41, 5.74) is 5.46. The Kier molecular flexibility index (Phi) is 6.72. The lowest BCUT2D eigenvalue weighted by molar-refractivity contribution is -0.168. The van der Waals surface area contributed by atoms with Crippen molar-refractivity contribution in [2.75, 3.05) is 19.7 Å². The zero-order valence-corrected chi connectivity index (χ0v) is 12.3. The summed E-state index contributed by atoms with van der Waals surface area (Å²) in [6.07, 6.45) is -3.82. The Morgan fingerprint density at radius 3 is 2.59 bits per heavy atom. The van der Waals surface area contributed by atoms with Gasteiger partial charge in [0.15, 0.2) is 0 Å². The van der Waals surface area contributed by atoms with Crippen molar-refractivity contribution in [3.05, 3.63) is 29.8 Å². The molecule has 0 saturated heterocycles. The van der Waals surface area contributed by atoms with Gasteiger partial charge >= 0.3 is 12.3 Å². The average Bonchev–Trinajstić information content (AvgIpc) is 2.45. The minimum absolute atomic E-state index is 0.0453. The van der Waals surface area contributed by atoms with Crippen LogP contribution in [0.1, 0.15) is 5.56 Å². The van der Waals surface area contributed by atoms with Gasteiger partial charge in [-0.1, -0.05) is 12.1 Å². The zero-order valence-electron chi connectivity index (χ0n) is 11.4. The van der Waals surface area contributed by atoms with Crippen LogP contribution in [-0.4, -0.2) is 40.5 Å². The molecular formula is C12H16F4N2O3S. The molecule has 10 heteroatoms. The van der Waals surface area contributed by atoms with Gasteiger partial charge in [0, 0.05) is 13.1 Å². The second kappa shape index (κ2) is 7.86. The van der Waals surface area contributed by atoms with Crippen LogP contribution in [0, 0.1) is 0 Å². The number of sulfonamides is 1. The summed E-state index contributed by atoms with van der Waals surface area (Å²) in [6, 6.07) is 5.33. The summed E-state index contributed by atoms with van der Waals surface area (Å²) in [4.78, 5) is -0.0948. The van der Waals surface area contributed by atoms with E-state index < -0.39 is 35.6 Å². The van der Waals surface area contributed by atoms with Crippen LogP contribution in [-0.2, 0) is 21.4 Å². The normalized spacial score (nSPS) is 12.8. The zero-order chi connectivity index (χ0) is 16.8. The molecule has 0 heterocycles. The molecule has 1 aromatic carbocycles. The van der Waals surface area contributed by atoms with Gasteiger partial charge in [0.25, 0.3) is 0 Å². The van der Waals surface area contributed by atoms with Gasteiger partial charge in [0.2, 0.25) is 10.0 Å². The van der Waals surface area contributed by atoms with E-state index in [0.29, 0.717) is 0 Å². The highest BCUT2D eigenvalue weighted by Crippen LogP contribution is 2.23. The van der Waals surface area contributed by atoms with Crippen molar-refractivity contribution >= 4 is 10.0 Å². The number of hydrogen-bond acceptors (Lipinski definition) is 4. The fourth-order valence-corrected chi connectivity index (χ4v) is 2.56. The van der Waals surface area contributed by atoms with E-state index in [-0.39, 0.29) is 23.5 Å². The Labute approximate surface area is 125 Å². The maximum atomic E-state index is 12.7. The van der Waals surface area contributed by atoms with Gasteiger partial charge < -0.3 is 10.5 Å². The van der Waals surface area contributed by atoms with Gasteiger partial charge in [-0.3, -0.25) is 0 Å².